The van der Waals surface area contributed by atoms with E-state index in [4.69, 9.17) is 9.47 Å². The van der Waals surface area contributed by atoms with E-state index in [1.807, 2.05) is 7.05 Å². The van der Waals surface area contributed by atoms with Crippen LogP contribution in [0.4, 0.5) is 0 Å². The van der Waals surface area contributed by atoms with Crippen LogP contribution in [0.5, 0.6) is 11.5 Å². The van der Waals surface area contributed by atoms with E-state index < -0.39 is 5.41 Å². The topological polar surface area (TPSA) is 59.1 Å². The van der Waals surface area contributed by atoms with Gasteiger partial charge in [-0.2, -0.15) is 0 Å². The number of carbonyl (C=O) groups is 2. The van der Waals surface area contributed by atoms with E-state index >= 15 is 0 Å². The van der Waals surface area contributed by atoms with Crippen molar-refractivity contribution in [2.24, 2.45) is 5.41 Å². The standard InChI is InChI=1S/C18H24N2O4/c1-19-10-5-8-18(17(19)22)9-11-20(12-18)16(21)13-6-4-7-14(23-2)15(13)24-3/h4,6-7H,5,8-12H2,1-3H3. The molecule has 0 saturated carbocycles. The van der Waals surface area contributed by atoms with Gasteiger partial charge in [0.05, 0.1) is 25.2 Å². The first-order valence-corrected chi connectivity index (χ1v) is 8.28. The highest BCUT2D eigenvalue weighted by molar-refractivity contribution is 5.98. The Kier molecular flexibility index (Phi) is 4.39. The summed E-state index contributed by atoms with van der Waals surface area (Å²) < 4.78 is 10.6. The van der Waals surface area contributed by atoms with Crippen LogP contribution in [0.3, 0.4) is 0 Å². The molecular weight excluding hydrogens is 308 g/mol. The Morgan fingerprint density at radius 1 is 1.17 bits per heavy atom. The first-order chi connectivity index (χ1) is 11.5. The second-order valence-electron chi connectivity index (χ2n) is 6.63. The third-order valence-electron chi connectivity index (χ3n) is 5.22. The first-order valence-electron chi connectivity index (χ1n) is 8.28. The number of amides is 2. The molecule has 6 nitrogen and oxygen atoms in total. The lowest BCUT2D eigenvalue weighted by atomic mass is 9.78. The number of rotatable bonds is 3. The summed E-state index contributed by atoms with van der Waals surface area (Å²) in [4.78, 5) is 29.2. The van der Waals surface area contributed by atoms with Gasteiger partial charge in [0, 0.05) is 26.7 Å². The van der Waals surface area contributed by atoms with Crippen LogP contribution in [0.2, 0.25) is 0 Å². The quantitative estimate of drug-likeness (QED) is 0.847. The van der Waals surface area contributed by atoms with Gasteiger partial charge in [0.2, 0.25) is 5.91 Å². The van der Waals surface area contributed by atoms with Crippen LogP contribution >= 0.6 is 0 Å². The zero-order chi connectivity index (χ0) is 17.3. The predicted octanol–water partition coefficient (Wildman–Crippen LogP) is 1.79. The minimum atomic E-state index is -0.408. The first kappa shape index (κ1) is 16.6. The lowest BCUT2D eigenvalue weighted by Crippen LogP contribution is -2.48. The molecule has 0 radical (unpaired) electrons. The molecule has 3 rings (SSSR count). The summed E-state index contributed by atoms with van der Waals surface area (Å²) in [6.45, 7) is 1.88. The number of hydrogen-bond donors (Lipinski definition) is 0. The Balaban J connectivity index is 1.84. The molecule has 130 valence electrons. The van der Waals surface area contributed by atoms with Gasteiger partial charge in [-0.15, -0.1) is 0 Å². The monoisotopic (exact) mass is 332 g/mol. The van der Waals surface area contributed by atoms with Gasteiger partial charge in [0.1, 0.15) is 0 Å². The molecule has 2 fully saturated rings. The summed E-state index contributed by atoms with van der Waals surface area (Å²) in [5.74, 6) is 1.04. The number of carbonyl (C=O) groups excluding carboxylic acids is 2. The Hall–Kier alpha value is -2.24. The third-order valence-corrected chi connectivity index (χ3v) is 5.22. The summed E-state index contributed by atoms with van der Waals surface area (Å²) >= 11 is 0. The van der Waals surface area contributed by atoms with E-state index in [0.717, 1.165) is 25.8 Å². The van der Waals surface area contributed by atoms with Crippen LogP contribution in [0.25, 0.3) is 0 Å². The van der Waals surface area contributed by atoms with Crippen molar-refractivity contribution >= 4 is 11.8 Å². The average molecular weight is 332 g/mol. The van der Waals surface area contributed by atoms with Crippen molar-refractivity contribution in [3.63, 3.8) is 0 Å². The second kappa shape index (κ2) is 6.34. The lowest BCUT2D eigenvalue weighted by molar-refractivity contribution is -0.143. The van der Waals surface area contributed by atoms with Crippen molar-refractivity contribution in [2.75, 3.05) is 40.9 Å². The Bertz CT molecular complexity index is 660. The van der Waals surface area contributed by atoms with Crippen LogP contribution in [0.15, 0.2) is 18.2 Å². The normalized spacial score (nSPS) is 23.7. The number of nitrogens with zero attached hydrogens (tertiary/aromatic N) is 2. The summed E-state index contributed by atoms with van der Waals surface area (Å²) in [5, 5.41) is 0. The van der Waals surface area contributed by atoms with Crippen molar-refractivity contribution in [1.82, 2.24) is 9.80 Å². The molecule has 2 aliphatic heterocycles. The smallest absolute Gasteiger partial charge is 0.257 e. The van der Waals surface area contributed by atoms with Crippen molar-refractivity contribution in [3.8, 4) is 11.5 Å². The highest BCUT2D eigenvalue weighted by Crippen LogP contribution is 2.41. The van der Waals surface area contributed by atoms with E-state index in [2.05, 4.69) is 0 Å². The molecule has 0 aromatic heterocycles. The van der Waals surface area contributed by atoms with Gasteiger partial charge < -0.3 is 19.3 Å². The van der Waals surface area contributed by atoms with Gasteiger partial charge in [0.25, 0.3) is 5.91 Å². The third kappa shape index (κ3) is 2.60. The number of benzene rings is 1. The SMILES string of the molecule is COc1cccc(C(=O)N2CCC3(CCCN(C)C3=O)C2)c1OC. The highest BCUT2D eigenvalue weighted by atomic mass is 16.5. The van der Waals surface area contributed by atoms with E-state index in [-0.39, 0.29) is 11.8 Å². The molecular formula is C18H24N2O4. The van der Waals surface area contributed by atoms with Crippen LogP contribution in [-0.4, -0.2) is 62.5 Å². The fourth-order valence-corrected chi connectivity index (χ4v) is 3.92. The number of piperidine rings is 1. The number of hydrogen-bond acceptors (Lipinski definition) is 4. The van der Waals surface area contributed by atoms with E-state index in [0.29, 0.717) is 30.2 Å². The van der Waals surface area contributed by atoms with E-state index in [1.54, 1.807) is 35.1 Å². The number of para-hydroxylation sites is 1. The van der Waals surface area contributed by atoms with Crippen LogP contribution in [0, 0.1) is 5.41 Å². The average Bonchev–Trinajstić information content (AvgIpc) is 3.03. The fraction of sp³-hybridized carbons (Fsp3) is 0.556. The largest absolute Gasteiger partial charge is 0.493 e. The molecule has 2 heterocycles. The molecule has 0 bridgehead atoms. The summed E-state index contributed by atoms with van der Waals surface area (Å²) in [5.41, 5.74) is 0.0694. The molecule has 1 aromatic carbocycles. The van der Waals surface area contributed by atoms with Crippen molar-refractivity contribution in [2.45, 2.75) is 19.3 Å². The van der Waals surface area contributed by atoms with Crippen molar-refractivity contribution in [1.29, 1.82) is 0 Å². The number of likely N-dealkylation sites (tertiary alicyclic amines) is 2. The second-order valence-corrected chi connectivity index (χ2v) is 6.63. The maximum Gasteiger partial charge on any atom is 0.257 e. The molecule has 1 aromatic rings. The maximum absolute atomic E-state index is 13.0. The lowest BCUT2D eigenvalue weighted by Gasteiger charge is -2.37. The van der Waals surface area contributed by atoms with Gasteiger partial charge in [-0.3, -0.25) is 9.59 Å². The van der Waals surface area contributed by atoms with Crippen LogP contribution in [-0.2, 0) is 4.79 Å². The highest BCUT2D eigenvalue weighted by Gasteiger charge is 2.48. The number of methoxy groups -OCH3 is 2. The zero-order valence-corrected chi connectivity index (χ0v) is 14.5. The minimum absolute atomic E-state index is 0.108. The van der Waals surface area contributed by atoms with Gasteiger partial charge in [-0.25, -0.2) is 0 Å². The molecule has 2 amide bonds. The molecule has 6 heteroatoms. The molecule has 24 heavy (non-hydrogen) atoms. The molecule has 0 N–H and O–H groups in total. The van der Waals surface area contributed by atoms with Gasteiger partial charge in [-0.1, -0.05) is 6.07 Å². The van der Waals surface area contributed by atoms with Gasteiger partial charge in [-0.05, 0) is 31.4 Å². The summed E-state index contributed by atoms with van der Waals surface area (Å²) in [6, 6.07) is 5.28. The Labute approximate surface area is 142 Å². The van der Waals surface area contributed by atoms with E-state index in [9.17, 15) is 9.59 Å². The molecule has 2 aliphatic rings. The zero-order valence-electron chi connectivity index (χ0n) is 14.5. The van der Waals surface area contributed by atoms with Crippen LogP contribution < -0.4 is 9.47 Å². The molecule has 1 unspecified atom stereocenters. The van der Waals surface area contributed by atoms with Gasteiger partial charge in [0.15, 0.2) is 11.5 Å². The molecule has 0 aliphatic carbocycles. The number of ether oxygens (including phenoxy) is 2. The summed E-state index contributed by atoms with van der Waals surface area (Å²) in [6.07, 6.45) is 2.58. The Morgan fingerprint density at radius 2 is 1.96 bits per heavy atom. The maximum atomic E-state index is 13.0. The predicted molar refractivity (Wildman–Crippen MR) is 89.4 cm³/mol. The Morgan fingerprint density at radius 3 is 2.67 bits per heavy atom. The molecule has 1 atom stereocenters. The molecule has 1 spiro atoms. The molecule has 2 saturated heterocycles. The van der Waals surface area contributed by atoms with E-state index in [1.165, 1.54) is 7.11 Å². The van der Waals surface area contributed by atoms with Crippen molar-refractivity contribution in [3.05, 3.63) is 23.8 Å². The van der Waals surface area contributed by atoms with Crippen molar-refractivity contribution < 1.29 is 19.1 Å². The fourth-order valence-electron chi connectivity index (χ4n) is 3.92. The summed E-state index contributed by atoms with van der Waals surface area (Å²) in [7, 11) is 4.92. The minimum Gasteiger partial charge on any atom is -0.493 e. The van der Waals surface area contributed by atoms with Crippen LogP contribution in [0.1, 0.15) is 29.6 Å². The van der Waals surface area contributed by atoms with Gasteiger partial charge >= 0.3 is 0 Å².